The van der Waals surface area contributed by atoms with Gasteiger partial charge in [0, 0.05) is 6.07 Å². The summed E-state index contributed by atoms with van der Waals surface area (Å²) in [5, 5.41) is 33.8. The Balaban J connectivity index is 2.30. The Hall–Kier alpha value is -2.61. The van der Waals surface area contributed by atoms with E-state index in [0.29, 0.717) is 5.06 Å². The third kappa shape index (κ3) is 2.01. The summed E-state index contributed by atoms with van der Waals surface area (Å²) in [6.07, 6.45) is 0. The van der Waals surface area contributed by atoms with Crippen LogP contribution in [0.25, 0.3) is 0 Å². The molecule has 2 aromatic rings. The van der Waals surface area contributed by atoms with E-state index in [-0.39, 0.29) is 22.9 Å². The van der Waals surface area contributed by atoms with Crippen molar-refractivity contribution in [2.75, 3.05) is 10.8 Å². The van der Waals surface area contributed by atoms with Gasteiger partial charge in [0.25, 0.3) is 0 Å². The number of aromatic nitrogens is 2. The number of nitrogens with one attached hydrogen (secondary N) is 1. The van der Waals surface area contributed by atoms with E-state index in [1.54, 1.807) is 0 Å². The van der Waals surface area contributed by atoms with Crippen molar-refractivity contribution in [2.24, 2.45) is 0 Å². The molecule has 1 aromatic heterocycles. The van der Waals surface area contributed by atoms with Crippen LogP contribution in [0.2, 0.25) is 0 Å². The number of amidine groups is 1. The zero-order valence-electron chi connectivity index (χ0n) is 8.53. The van der Waals surface area contributed by atoms with Gasteiger partial charge in [-0.25, -0.2) is 9.69 Å². The highest BCUT2D eigenvalue weighted by Crippen LogP contribution is 2.20. The Kier molecular flexibility index (Phi) is 2.63. The van der Waals surface area contributed by atoms with Crippen LogP contribution in [-0.2, 0) is 0 Å². The van der Waals surface area contributed by atoms with Crippen molar-refractivity contribution in [1.29, 1.82) is 5.41 Å². The number of phenolic OH excluding ortho intramolecular Hbond substituents is 1. The molecule has 0 aliphatic carbocycles. The first-order valence-corrected chi connectivity index (χ1v) is 4.54. The SMILES string of the molecule is N=C(c1nonc1N)N(O)c1cccc(O)c1. The number of nitrogens with zero attached hydrogens (tertiary/aromatic N) is 3. The second kappa shape index (κ2) is 4.10. The summed E-state index contributed by atoms with van der Waals surface area (Å²) in [4.78, 5) is 0. The average molecular weight is 235 g/mol. The molecule has 2 rings (SSSR count). The molecular formula is C9H9N5O3. The van der Waals surface area contributed by atoms with Crippen molar-refractivity contribution in [2.45, 2.75) is 0 Å². The maximum atomic E-state index is 9.74. The van der Waals surface area contributed by atoms with E-state index in [1.165, 1.54) is 24.3 Å². The lowest BCUT2D eigenvalue weighted by Crippen LogP contribution is -2.28. The molecule has 5 N–H and O–H groups in total. The van der Waals surface area contributed by atoms with E-state index in [1.807, 2.05) is 0 Å². The van der Waals surface area contributed by atoms with E-state index in [0.717, 1.165) is 0 Å². The van der Waals surface area contributed by atoms with Crippen LogP contribution in [0, 0.1) is 5.41 Å². The van der Waals surface area contributed by atoms with Gasteiger partial charge in [-0.2, -0.15) is 0 Å². The minimum Gasteiger partial charge on any atom is -0.508 e. The largest absolute Gasteiger partial charge is 0.508 e. The van der Waals surface area contributed by atoms with E-state index < -0.39 is 5.84 Å². The van der Waals surface area contributed by atoms with E-state index >= 15 is 0 Å². The molecule has 0 saturated heterocycles. The number of anilines is 2. The highest BCUT2D eigenvalue weighted by Gasteiger charge is 2.19. The number of nitrogens with two attached hydrogens (primary N) is 1. The number of hydrogen-bond donors (Lipinski definition) is 4. The maximum Gasteiger partial charge on any atom is 0.199 e. The third-order valence-corrected chi connectivity index (χ3v) is 2.02. The summed E-state index contributed by atoms with van der Waals surface area (Å²) >= 11 is 0. The van der Waals surface area contributed by atoms with Gasteiger partial charge < -0.3 is 10.8 Å². The van der Waals surface area contributed by atoms with Gasteiger partial charge in [0.05, 0.1) is 5.69 Å². The first-order valence-electron chi connectivity index (χ1n) is 4.54. The normalized spacial score (nSPS) is 10.2. The lowest BCUT2D eigenvalue weighted by molar-refractivity contribution is 0.300. The monoisotopic (exact) mass is 235 g/mol. The number of benzene rings is 1. The predicted molar refractivity (Wildman–Crippen MR) is 57.9 cm³/mol. The summed E-state index contributed by atoms with van der Waals surface area (Å²) in [6, 6.07) is 5.73. The third-order valence-electron chi connectivity index (χ3n) is 2.02. The molecule has 0 unspecified atom stereocenters. The first kappa shape index (κ1) is 10.9. The van der Waals surface area contributed by atoms with Crippen LogP contribution in [0.5, 0.6) is 5.75 Å². The van der Waals surface area contributed by atoms with Crippen molar-refractivity contribution >= 4 is 17.3 Å². The summed E-state index contributed by atoms with van der Waals surface area (Å²) in [5.74, 6) is -0.552. The van der Waals surface area contributed by atoms with Gasteiger partial charge in [-0.3, -0.25) is 10.6 Å². The molecule has 8 nitrogen and oxygen atoms in total. The molecule has 0 bridgehead atoms. The maximum absolute atomic E-state index is 9.74. The Labute approximate surface area is 95.3 Å². The van der Waals surface area contributed by atoms with E-state index in [9.17, 15) is 10.3 Å². The number of phenols is 1. The zero-order valence-corrected chi connectivity index (χ0v) is 8.53. The van der Waals surface area contributed by atoms with Gasteiger partial charge >= 0.3 is 0 Å². The fraction of sp³-hybridized carbons (Fsp3) is 0. The van der Waals surface area contributed by atoms with Gasteiger partial charge in [-0.15, -0.1) is 0 Å². The molecule has 0 saturated carbocycles. The van der Waals surface area contributed by atoms with Crippen LogP contribution in [-0.4, -0.2) is 26.5 Å². The van der Waals surface area contributed by atoms with Crippen LogP contribution in [0.3, 0.4) is 0 Å². The number of aromatic hydroxyl groups is 1. The summed E-state index contributed by atoms with van der Waals surface area (Å²) in [7, 11) is 0. The summed E-state index contributed by atoms with van der Waals surface area (Å²) < 4.78 is 4.32. The van der Waals surface area contributed by atoms with Crippen molar-refractivity contribution in [3.05, 3.63) is 30.0 Å². The fourth-order valence-corrected chi connectivity index (χ4v) is 1.21. The van der Waals surface area contributed by atoms with Gasteiger partial charge in [0.1, 0.15) is 5.75 Å². The number of rotatable bonds is 2. The van der Waals surface area contributed by atoms with Crippen LogP contribution < -0.4 is 10.8 Å². The topological polar surface area (TPSA) is 132 Å². The lowest BCUT2D eigenvalue weighted by atomic mass is 10.3. The smallest absolute Gasteiger partial charge is 0.199 e. The Bertz CT molecular complexity index is 553. The molecule has 0 aliphatic rings. The number of nitrogen functional groups attached to an aromatic ring is 1. The number of hydrogen-bond acceptors (Lipinski definition) is 7. The molecule has 0 atom stereocenters. The van der Waals surface area contributed by atoms with Gasteiger partial charge in [0.2, 0.25) is 0 Å². The van der Waals surface area contributed by atoms with Crippen LogP contribution in [0.15, 0.2) is 28.9 Å². The van der Waals surface area contributed by atoms with E-state index in [2.05, 4.69) is 14.9 Å². The van der Waals surface area contributed by atoms with E-state index in [4.69, 9.17) is 11.1 Å². The van der Waals surface area contributed by atoms with Gasteiger partial charge in [-0.05, 0) is 22.4 Å². The second-order valence-electron chi connectivity index (χ2n) is 3.18. The molecule has 1 aromatic carbocycles. The molecule has 0 fully saturated rings. The average Bonchev–Trinajstić information content (AvgIpc) is 2.73. The van der Waals surface area contributed by atoms with Crippen LogP contribution >= 0.6 is 0 Å². The van der Waals surface area contributed by atoms with Crippen molar-refractivity contribution in [3.63, 3.8) is 0 Å². The van der Waals surface area contributed by atoms with Crippen molar-refractivity contribution in [3.8, 4) is 5.75 Å². The highest BCUT2D eigenvalue weighted by molar-refractivity contribution is 6.07. The zero-order chi connectivity index (χ0) is 12.4. The minimum absolute atomic E-state index is 0.0411. The minimum atomic E-state index is -0.408. The Morgan fingerprint density at radius 3 is 2.76 bits per heavy atom. The van der Waals surface area contributed by atoms with Gasteiger partial charge in [-0.1, -0.05) is 6.07 Å². The fourth-order valence-electron chi connectivity index (χ4n) is 1.21. The molecule has 88 valence electrons. The van der Waals surface area contributed by atoms with Crippen molar-refractivity contribution < 1.29 is 14.9 Å². The molecular weight excluding hydrogens is 226 g/mol. The summed E-state index contributed by atoms with van der Waals surface area (Å²) in [6.45, 7) is 0. The Morgan fingerprint density at radius 1 is 1.41 bits per heavy atom. The molecule has 0 spiro atoms. The molecule has 0 aliphatic heterocycles. The highest BCUT2D eigenvalue weighted by atomic mass is 16.6. The molecule has 17 heavy (non-hydrogen) atoms. The Morgan fingerprint density at radius 2 is 2.18 bits per heavy atom. The van der Waals surface area contributed by atoms with Crippen molar-refractivity contribution in [1.82, 2.24) is 10.3 Å². The molecule has 8 heteroatoms. The standard InChI is InChI=1S/C9H9N5O3/c10-8-7(12-17-13-8)9(11)14(16)5-2-1-3-6(15)4-5/h1-4,11,15-16H,(H2,10,13). The lowest BCUT2D eigenvalue weighted by Gasteiger charge is -2.15. The molecule has 0 amide bonds. The molecule has 1 heterocycles. The summed E-state index contributed by atoms with van der Waals surface area (Å²) in [5.41, 5.74) is 5.50. The number of hydroxylamine groups is 1. The second-order valence-corrected chi connectivity index (χ2v) is 3.18. The first-order chi connectivity index (χ1) is 8.09. The van der Waals surface area contributed by atoms with Crippen LogP contribution in [0.1, 0.15) is 5.69 Å². The van der Waals surface area contributed by atoms with Gasteiger partial charge in [0.15, 0.2) is 17.3 Å². The van der Waals surface area contributed by atoms with Crippen LogP contribution in [0.4, 0.5) is 11.5 Å². The molecule has 0 radical (unpaired) electrons. The quantitative estimate of drug-likeness (QED) is 0.340. The predicted octanol–water partition coefficient (Wildman–Crippen LogP) is 0.579.